The molecule has 0 spiro atoms. The highest BCUT2D eigenvalue weighted by Crippen LogP contribution is 2.30. The Morgan fingerprint density at radius 1 is 1.04 bits per heavy atom. The van der Waals surface area contributed by atoms with Gasteiger partial charge in [-0.3, -0.25) is 0 Å². The van der Waals surface area contributed by atoms with E-state index in [-0.39, 0.29) is 13.0 Å². The fourth-order valence-electron chi connectivity index (χ4n) is 2.09. The first-order valence-electron chi connectivity index (χ1n) is 7.10. The van der Waals surface area contributed by atoms with Gasteiger partial charge in [0.25, 0.3) is 0 Å². The highest BCUT2D eigenvalue weighted by atomic mass is 32.2. The van der Waals surface area contributed by atoms with Crippen LogP contribution in [0.1, 0.15) is 23.7 Å². The summed E-state index contributed by atoms with van der Waals surface area (Å²) in [5, 5.41) is 9.96. The first-order chi connectivity index (χ1) is 11.2. The number of alkyl halides is 3. The molecular formula is C16H16F3NO3S. The molecule has 0 unspecified atom stereocenters. The van der Waals surface area contributed by atoms with E-state index < -0.39 is 32.8 Å². The largest absolute Gasteiger partial charge is 0.416 e. The number of hydrogen-bond donors (Lipinski definition) is 2. The number of aliphatic hydroxyl groups is 1. The van der Waals surface area contributed by atoms with E-state index in [0.29, 0.717) is 11.6 Å². The second-order valence-corrected chi connectivity index (χ2v) is 6.91. The van der Waals surface area contributed by atoms with Gasteiger partial charge in [-0.15, -0.1) is 0 Å². The van der Waals surface area contributed by atoms with Gasteiger partial charge in [0.1, 0.15) is 0 Å². The molecule has 0 aromatic heterocycles. The van der Waals surface area contributed by atoms with E-state index in [2.05, 4.69) is 4.72 Å². The molecule has 0 aliphatic heterocycles. The third-order valence-corrected chi connectivity index (χ3v) is 4.82. The maximum atomic E-state index is 12.7. The number of hydrogen-bond acceptors (Lipinski definition) is 3. The third kappa shape index (κ3) is 4.80. The van der Waals surface area contributed by atoms with Crippen LogP contribution in [-0.2, 0) is 16.2 Å². The van der Waals surface area contributed by atoms with Crippen molar-refractivity contribution in [3.63, 3.8) is 0 Å². The Bertz CT molecular complexity index is 777. The van der Waals surface area contributed by atoms with Crippen molar-refractivity contribution >= 4 is 10.0 Å². The van der Waals surface area contributed by atoms with Gasteiger partial charge in [-0.2, -0.15) is 13.2 Å². The van der Waals surface area contributed by atoms with Crippen LogP contribution in [0.3, 0.4) is 0 Å². The van der Waals surface area contributed by atoms with Crippen LogP contribution in [0.5, 0.6) is 0 Å². The first kappa shape index (κ1) is 18.4. The zero-order valence-electron chi connectivity index (χ0n) is 12.5. The lowest BCUT2D eigenvalue weighted by atomic mass is 10.1. The van der Waals surface area contributed by atoms with Crippen molar-refractivity contribution in [3.05, 3.63) is 65.7 Å². The summed E-state index contributed by atoms with van der Waals surface area (Å²) in [4.78, 5) is -0.466. The molecule has 2 N–H and O–H groups in total. The Hall–Kier alpha value is -1.90. The summed E-state index contributed by atoms with van der Waals surface area (Å²) in [5.41, 5.74) is -0.398. The molecule has 130 valence electrons. The number of aliphatic hydroxyl groups excluding tert-OH is 1. The Kier molecular flexibility index (Phi) is 5.63. The van der Waals surface area contributed by atoms with Crippen LogP contribution in [0.15, 0.2) is 59.5 Å². The van der Waals surface area contributed by atoms with Crippen LogP contribution in [0, 0.1) is 0 Å². The second-order valence-electron chi connectivity index (χ2n) is 5.14. The molecule has 0 fully saturated rings. The lowest BCUT2D eigenvalue weighted by Gasteiger charge is -2.13. The van der Waals surface area contributed by atoms with E-state index >= 15 is 0 Å². The quantitative estimate of drug-likeness (QED) is 0.833. The molecule has 0 saturated carbocycles. The highest BCUT2D eigenvalue weighted by Gasteiger charge is 2.31. The van der Waals surface area contributed by atoms with Crippen LogP contribution in [0.2, 0.25) is 0 Å². The molecule has 2 aromatic carbocycles. The van der Waals surface area contributed by atoms with Gasteiger partial charge in [-0.1, -0.05) is 36.4 Å². The highest BCUT2D eigenvalue weighted by molar-refractivity contribution is 7.89. The molecule has 0 saturated heterocycles. The number of nitrogens with one attached hydrogen (secondary N) is 1. The lowest BCUT2D eigenvalue weighted by Crippen LogP contribution is -2.26. The molecule has 0 aliphatic carbocycles. The molecule has 0 bridgehead atoms. The summed E-state index contributed by atoms with van der Waals surface area (Å²) in [6, 6.07) is 12.2. The molecule has 0 radical (unpaired) electrons. The van der Waals surface area contributed by atoms with Crippen molar-refractivity contribution < 1.29 is 26.7 Å². The Morgan fingerprint density at radius 3 is 2.33 bits per heavy atom. The van der Waals surface area contributed by atoms with Gasteiger partial charge in [-0.05, 0) is 30.2 Å². The average Bonchev–Trinajstić information content (AvgIpc) is 2.55. The molecular weight excluding hydrogens is 343 g/mol. The molecule has 0 aliphatic rings. The summed E-state index contributed by atoms with van der Waals surface area (Å²) in [5.74, 6) is 0. The topological polar surface area (TPSA) is 66.4 Å². The molecule has 2 rings (SSSR count). The summed E-state index contributed by atoms with van der Waals surface area (Å²) in [6.45, 7) is -0.103. The third-order valence-electron chi connectivity index (χ3n) is 3.37. The van der Waals surface area contributed by atoms with Gasteiger partial charge in [-0.25, -0.2) is 13.1 Å². The fourth-order valence-corrected chi connectivity index (χ4v) is 3.19. The predicted octanol–water partition coefficient (Wildman–Crippen LogP) is 3.11. The number of halogens is 3. The summed E-state index contributed by atoms with van der Waals surface area (Å²) in [7, 11) is -4.08. The standard InChI is InChI=1S/C16H16F3NO3S/c17-16(18,19)13-7-4-8-14(11-13)24(22,23)20-10-9-15(21)12-5-2-1-3-6-12/h1-8,11,15,20-21H,9-10H2/t15-/m0/s1. The van der Waals surface area contributed by atoms with Crippen molar-refractivity contribution in [1.29, 1.82) is 0 Å². The smallest absolute Gasteiger partial charge is 0.388 e. The Labute approximate surface area is 138 Å². The van der Waals surface area contributed by atoms with Crippen LogP contribution >= 0.6 is 0 Å². The second kappa shape index (κ2) is 7.33. The van der Waals surface area contributed by atoms with Gasteiger partial charge >= 0.3 is 6.18 Å². The van der Waals surface area contributed by atoms with Crippen LogP contribution in [0.4, 0.5) is 13.2 Å². The SMILES string of the molecule is O=S(=O)(NCC[C@H](O)c1ccccc1)c1cccc(C(F)(F)F)c1. The molecule has 0 amide bonds. The van der Waals surface area contributed by atoms with Gasteiger partial charge < -0.3 is 5.11 Å². The maximum Gasteiger partial charge on any atom is 0.416 e. The van der Waals surface area contributed by atoms with Crippen molar-refractivity contribution in [3.8, 4) is 0 Å². The minimum absolute atomic E-state index is 0.0994. The van der Waals surface area contributed by atoms with E-state index in [9.17, 15) is 26.7 Å². The molecule has 8 heteroatoms. The molecule has 24 heavy (non-hydrogen) atoms. The predicted molar refractivity (Wildman–Crippen MR) is 82.7 cm³/mol. The summed E-state index contributed by atoms with van der Waals surface area (Å²) < 4.78 is 64.3. The minimum atomic E-state index is -4.62. The lowest BCUT2D eigenvalue weighted by molar-refractivity contribution is -0.137. The van der Waals surface area contributed by atoms with E-state index in [4.69, 9.17) is 0 Å². The van der Waals surface area contributed by atoms with Gasteiger partial charge in [0.05, 0.1) is 16.6 Å². The van der Waals surface area contributed by atoms with Crippen molar-refractivity contribution in [2.24, 2.45) is 0 Å². The van der Waals surface area contributed by atoms with Crippen molar-refractivity contribution in [2.45, 2.75) is 23.6 Å². The van der Waals surface area contributed by atoms with Crippen molar-refractivity contribution in [2.75, 3.05) is 6.54 Å². The molecule has 0 heterocycles. The number of sulfonamides is 1. The van der Waals surface area contributed by atoms with Gasteiger partial charge in [0.2, 0.25) is 10.0 Å². The fraction of sp³-hybridized carbons (Fsp3) is 0.250. The van der Waals surface area contributed by atoms with Gasteiger partial charge in [0.15, 0.2) is 0 Å². The van der Waals surface area contributed by atoms with Gasteiger partial charge in [0, 0.05) is 6.54 Å². The first-order valence-corrected chi connectivity index (χ1v) is 8.58. The summed E-state index contributed by atoms with van der Waals surface area (Å²) >= 11 is 0. The van der Waals surface area contributed by atoms with E-state index in [1.165, 1.54) is 0 Å². The molecule has 2 aromatic rings. The monoisotopic (exact) mass is 359 g/mol. The van der Waals surface area contributed by atoms with Crippen LogP contribution in [-0.4, -0.2) is 20.1 Å². The van der Waals surface area contributed by atoms with Crippen LogP contribution < -0.4 is 4.72 Å². The normalized spacial score (nSPS) is 13.7. The summed E-state index contributed by atoms with van der Waals surface area (Å²) in [6.07, 6.45) is -5.38. The van der Waals surface area contributed by atoms with E-state index in [1.807, 2.05) is 0 Å². The number of benzene rings is 2. The van der Waals surface area contributed by atoms with Crippen LogP contribution in [0.25, 0.3) is 0 Å². The minimum Gasteiger partial charge on any atom is -0.388 e. The number of rotatable bonds is 6. The molecule has 4 nitrogen and oxygen atoms in total. The van der Waals surface area contributed by atoms with E-state index in [0.717, 1.165) is 18.2 Å². The maximum absolute atomic E-state index is 12.7. The zero-order valence-corrected chi connectivity index (χ0v) is 13.3. The molecule has 1 atom stereocenters. The zero-order chi connectivity index (χ0) is 17.8. The Morgan fingerprint density at radius 2 is 1.71 bits per heavy atom. The Balaban J connectivity index is 2.02. The van der Waals surface area contributed by atoms with Crippen molar-refractivity contribution in [1.82, 2.24) is 4.72 Å². The average molecular weight is 359 g/mol. The van der Waals surface area contributed by atoms with E-state index in [1.54, 1.807) is 30.3 Å².